The predicted molar refractivity (Wildman–Crippen MR) is 71.0 cm³/mol. The highest BCUT2D eigenvalue weighted by molar-refractivity contribution is 7.89. The van der Waals surface area contributed by atoms with E-state index < -0.39 is 15.6 Å². The molecule has 0 radical (unpaired) electrons. The van der Waals surface area contributed by atoms with Gasteiger partial charge in [0.15, 0.2) is 0 Å². The second-order valence-electron chi connectivity index (χ2n) is 4.41. The van der Waals surface area contributed by atoms with Crippen LogP contribution < -0.4 is 4.72 Å². The molecule has 96 valence electrons. The molecule has 1 heterocycles. The van der Waals surface area contributed by atoms with Crippen LogP contribution in [0.5, 0.6) is 0 Å². The summed E-state index contributed by atoms with van der Waals surface area (Å²) in [5.74, 6) is 0.289. The summed E-state index contributed by atoms with van der Waals surface area (Å²) in [6.07, 6.45) is 1.56. The van der Waals surface area contributed by atoms with Crippen molar-refractivity contribution in [1.29, 1.82) is 0 Å². The Labute approximate surface area is 113 Å². The van der Waals surface area contributed by atoms with Crippen molar-refractivity contribution in [2.45, 2.75) is 23.3 Å². The number of nitrogens with one attached hydrogen (secondary N) is 1. The molecule has 0 amide bonds. The van der Waals surface area contributed by atoms with Crippen LogP contribution in [-0.2, 0) is 21.4 Å². The number of hydrogen-bond donors (Lipinski definition) is 1. The van der Waals surface area contributed by atoms with Crippen molar-refractivity contribution in [2.75, 3.05) is 5.88 Å². The Morgan fingerprint density at radius 1 is 1.39 bits per heavy atom. The number of halogens is 1. The largest absolute Gasteiger partial charge is 0.243 e. The lowest BCUT2D eigenvalue weighted by molar-refractivity contribution is 0.560. The van der Waals surface area contributed by atoms with Crippen molar-refractivity contribution in [3.8, 4) is 0 Å². The van der Waals surface area contributed by atoms with E-state index in [9.17, 15) is 8.42 Å². The third kappa shape index (κ3) is 2.01. The van der Waals surface area contributed by atoms with E-state index >= 15 is 0 Å². The molecule has 2 aliphatic rings. The van der Waals surface area contributed by atoms with Crippen LogP contribution in [-0.4, -0.2) is 19.8 Å². The van der Waals surface area contributed by atoms with Gasteiger partial charge in [0, 0.05) is 11.4 Å². The quantitative estimate of drug-likeness (QED) is 0.881. The Morgan fingerprint density at radius 3 is 2.83 bits per heavy atom. The molecule has 5 nitrogen and oxygen atoms in total. The minimum Gasteiger partial charge on any atom is -0.207 e. The topological polar surface area (TPSA) is 70.9 Å². The lowest BCUT2D eigenvalue weighted by Gasteiger charge is -2.15. The highest BCUT2D eigenvalue weighted by atomic mass is 35.5. The fourth-order valence-corrected chi connectivity index (χ4v) is 4.39. The van der Waals surface area contributed by atoms with Gasteiger partial charge in [-0.3, -0.25) is 0 Å². The van der Waals surface area contributed by atoms with Gasteiger partial charge in [-0.2, -0.15) is 8.73 Å². The number of hydrogen-bond acceptors (Lipinski definition) is 4. The van der Waals surface area contributed by atoms with Crippen molar-refractivity contribution in [2.24, 2.45) is 8.73 Å². The Hall–Kier alpha value is -0.760. The second kappa shape index (κ2) is 4.12. The standard InChI is InChI=1S/C10H10ClN3O2S2/c11-6-10(4-5-10)14-18(15,16)8-3-1-2-7-9(8)13-17-12-7/h1-3,14H,4-6H2. The summed E-state index contributed by atoms with van der Waals surface area (Å²) in [4.78, 5) is 0.171. The highest BCUT2D eigenvalue weighted by Crippen LogP contribution is 2.41. The van der Waals surface area contributed by atoms with Gasteiger partial charge in [0.05, 0.1) is 11.4 Å². The van der Waals surface area contributed by atoms with Gasteiger partial charge >= 0.3 is 0 Å². The molecule has 18 heavy (non-hydrogen) atoms. The summed E-state index contributed by atoms with van der Waals surface area (Å²) in [5, 5.41) is 0. The maximum atomic E-state index is 12.3. The van der Waals surface area contributed by atoms with Crippen LogP contribution in [0, 0.1) is 0 Å². The van der Waals surface area contributed by atoms with Crippen molar-refractivity contribution in [1.82, 2.24) is 4.72 Å². The van der Waals surface area contributed by atoms with Crippen LogP contribution >= 0.6 is 11.6 Å². The second-order valence-corrected chi connectivity index (χ2v) is 6.85. The Kier molecular flexibility index (Phi) is 2.81. The fourth-order valence-electron chi connectivity index (χ4n) is 1.75. The number of fused-ring (bicyclic) bond motifs is 1. The first-order chi connectivity index (χ1) is 8.56. The number of alkyl halides is 1. The summed E-state index contributed by atoms with van der Waals surface area (Å²) in [5.41, 5.74) is 0.547. The molecule has 1 aliphatic carbocycles. The van der Waals surface area contributed by atoms with Crippen molar-refractivity contribution in [3.05, 3.63) is 18.2 Å². The third-order valence-electron chi connectivity index (χ3n) is 3.00. The monoisotopic (exact) mass is 303 g/mol. The fraction of sp³-hybridized carbons (Fsp3) is 0.400. The molecule has 0 unspecified atom stereocenters. The molecule has 1 aromatic carbocycles. The minimum atomic E-state index is -3.59. The zero-order valence-electron chi connectivity index (χ0n) is 9.26. The van der Waals surface area contributed by atoms with E-state index in [-0.39, 0.29) is 10.8 Å². The summed E-state index contributed by atoms with van der Waals surface area (Å²) in [6.45, 7) is 0. The Morgan fingerprint density at radius 2 is 2.17 bits per heavy atom. The SMILES string of the molecule is O=S(=O)(NC1(CCl)CC1)c1cccc2c1N=S=N2. The molecule has 0 spiro atoms. The van der Waals surface area contributed by atoms with E-state index in [0.29, 0.717) is 11.4 Å². The average molecular weight is 304 g/mol. The van der Waals surface area contributed by atoms with Crippen LogP contribution in [0.25, 0.3) is 0 Å². The van der Waals surface area contributed by atoms with Gasteiger partial charge in [0.2, 0.25) is 10.0 Å². The Bertz CT molecular complexity index is 676. The zero-order valence-corrected chi connectivity index (χ0v) is 11.6. The molecule has 0 saturated heterocycles. The smallest absolute Gasteiger partial charge is 0.207 e. The highest BCUT2D eigenvalue weighted by Gasteiger charge is 2.45. The van der Waals surface area contributed by atoms with Crippen molar-refractivity contribution in [3.63, 3.8) is 0 Å². The molecule has 1 aliphatic heterocycles. The molecule has 0 atom stereocenters. The first kappa shape index (κ1) is 12.3. The van der Waals surface area contributed by atoms with Crippen LogP contribution in [0.1, 0.15) is 12.8 Å². The van der Waals surface area contributed by atoms with E-state index in [2.05, 4.69) is 13.4 Å². The van der Waals surface area contributed by atoms with E-state index in [0.717, 1.165) is 24.2 Å². The summed E-state index contributed by atoms with van der Waals surface area (Å²) in [6, 6.07) is 4.95. The van der Waals surface area contributed by atoms with Crippen LogP contribution in [0.2, 0.25) is 0 Å². The first-order valence-corrected chi connectivity index (χ1v) is 8.12. The van der Waals surface area contributed by atoms with Gasteiger partial charge in [-0.05, 0) is 25.0 Å². The molecule has 1 fully saturated rings. The van der Waals surface area contributed by atoms with Gasteiger partial charge in [0.25, 0.3) is 0 Å². The lowest BCUT2D eigenvalue weighted by Crippen LogP contribution is -2.38. The molecule has 1 saturated carbocycles. The van der Waals surface area contributed by atoms with Crippen LogP contribution in [0.15, 0.2) is 31.8 Å². The lowest BCUT2D eigenvalue weighted by atomic mass is 10.3. The summed E-state index contributed by atoms with van der Waals surface area (Å²) < 4.78 is 35.4. The van der Waals surface area contributed by atoms with Gasteiger partial charge < -0.3 is 0 Å². The van der Waals surface area contributed by atoms with Crippen molar-refractivity contribution >= 4 is 44.4 Å². The number of rotatable bonds is 4. The van der Waals surface area contributed by atoms with Gasteiger partial charge in [-0.1, -0.05) is 6.07 Å². The third-order valence-corrected chi connectivity index (χ3v) is 5.66. The van der Waals surface area contributed by atoms with E-state index in [1.165, 1.54) is 6.07 Å². The normalized spacial score (nSPS) is 19.4. The van der Waals surface area contributed by atoms with E-state index in [1.54, 1.807) is 12.1 Å². The molecule has 8 heteroatoms. The molecule has 3 rings (SSSR count). The van der Waals surface area contributed by atoms with Gasteiger partial charge in [-0.25, -0.2) is 13.1 Å². The van der Waals surface area contributed by atoms with Gasteiger partial charge in [0.1, 0.15) is 16.3 Å². The maximum absolute atomic E-state index is 12.3. The predicted octanol–water partition coefficient (Wildman–Crippen LogP) is 2.46. The minimum absolute atomic E-state index is 0.171. The number of nitrogens with zero attached hydrogens (tertiary/aromatic N) is 2. The number of benzene rings is 1. The van der Waals surface area contributed by atoms with Crippen molar-refractivity contribution < 1.29 is 8.42 Å². The maximum Gasteiger partial charge on any atom is 0.243 e. The van der Waals surface area contributed by atoms with E-state index in [1.807, 2.05) is 0 Å². The molecular weight excluding hydrogens is 294 g/mol. The van der Waals surface area contributed by atoms with Crippen LogP contribution in [0.3, 0.4) is 0 Å². The van der Waals surface area contributed by atoms with Crippen LogP contribution in [0.4, 0.5) is 11.4 Å². The summed E-state index contributed by atoms with van der Waals surface area (Å²) >= 11 is 6.80. The average Bonchev–Trinajstić information content (AvgIpc) is 2.94. The first-order valence-electron chi connectivity index (χ1n) is 5.38. The molecule has 0 bridgehead atoms. The molecule has 1 N–H and O–H groups in total. The van der Waals surface area contributed by atoms with E-state index in [4.69, 9.17) is 11.6 Å². The Balaban J connectivity index is 2.00. The van der Waals surface area contributed by atoms with Gasteiger partial charge in [-0.15, -0.1) is 11.6 Å². The molecule has 0 aromatic heterocycles. The number of sulfonamides is 1. The summed E-state index contributed by atoms with van der Waals surface area (Å²) in [7, 11) is -3.59. The zero-order chi connectivity index (χ0) is 12.8. The molecular formula is C10H10ClN3O2S2. The molecule has 1 aromatic rings.